The molecule has 0 spiro atoms. The number of anilines is 1. The second kappa shape index (κ2) is 6.64. The first-order valence-electron chi connectivity index (χ1n) is 7.69. The maximum Gasteiger partial charge on any atom is 0.247 e. The van der Waals surface area contributed by atoms with Crippen LogP contribution in [0.25, 0.3) is 0 Å². The van der Waals surface area contributed by atoms with Crippen molar-refractivity contribution < 1.29 is 13.2 Å². The predicted octanol–water partition coefficient (Wildman–Crippen LogP) is 2.15. The summed E-state index contributed by atoms with van der Waals surface area (Å²) in [4.78, 5) is 15.2. The summed E-state index contributed by atoms with van der Waals surface area (Å²) in [7, 11) is -3.50. The molecule has 0 radical (unpaired) electrons. The Hall–Kier alpha value is -2.74. The first-order chi connectivity index (χ1) is 11.8. The van der Waals surface area contributed by atoms with Gasteiger partial charge < -0.3 is 5.32 Å². The molecule has 130 valence electrons. The summed E-state index contributed by atoms with van der Waals surface area (Å²) in [5.74, 6) is -0.147. The molecule has 0 bridgehead atoms. The molecule has 0 unspecified atom stereocenters. The van der Waals surface area contributed by atoms with Crippen LogP contribution >= 0.6 is 0 Å². The van der Waals surface area contributed by atoms with E-state index >= 15 is 0 Å². The van der Waals surface area contributed by atoms with Gasteiger partial charge in [-0.25, -0.2) is 8.42 Å². The zero-order chi connectivity index (χ0) is 18.0. The van der Waals surface area contributed by atoms with Gasteiger partial charge in [-0.2, -0.15) is 9.52 Å². The van der Waals surface area contributed by atoms with Gasteiger partial charge in [0.25, 0.3) is 0 Å². The first kappa shape index (κ1) is 17.1. The third kappa shape index (κ3) is 3.85. The van der Waals surface area contributed by atoms with Crippen LogP contribution < -0.4 is 5.32 Å². The molecule has 8 heteroatoms. The molecule has 2 aromatic rings. The highest BCUT2D eigenvalue weighted by molar-refractivity contribution is 7.88. The Kier molecular flexibility index (Phi) is 4.54. The van der Waals surface area contributed by atoms with E-state index in [1.165, 1.54) is 6.92 Å². The van der Waals surface area contributed by atoms with Gasteiger partial charge >= 0.3 is 0 Å². The van der Waals surface area contributed by atoms with Crippen LogP contribution in [0.3, 0.4) is 0 Å². The predicted molar refractivity (Wildman–Crippen MR) is 95.6 cm³/mol. The average Bonchev–Trinajstić information content (AvgIpc) is 3.01. The van der Waals surface area contributed by atoms with E-state index in [0.717, 1.165) is 21.8 Å². The quantitative estimate of drug-likeness (QED) is 0.906. The highest BCUT2D eigenvalue weighted by Gasteiger charge is 2.34. The van der Waals surface area contributed by atoms with Crippen molar-refractivity contribution in [3.05, 3.63) is 59.9 Å². The van der Waals surface area contributed by atoms with E-state index in [1.54, 1.807) is 30.6 Å². The summed E-state index contributed by atoms with van der Waals surface area (Å²) in [5.41, 5.74) is 2.96. The van der Waals surface area contributed by atoms with Crippen molar-refractivity contribution in [1.29, 1.82) is 0 Å². The minimum Gasteiger partial charge on any atom is -0.326 e. The lowest BCUT2D eigenvalue weighted by atomic mass is 10.0. The van der Waals surface area contributed by atoms with E-state index in [9.17, 15) is 13.2 Å². The molecule has 1 aromatic carbocycles. The molecule has 1 aliphatic heterocycles. The maximum atomic E-state index is 12.1. The number of pyridine rings is 1. The molecule has 0 saturated carbocycles. The van der Waals surface area contributed by atoms with Crippen molar-refractivity contribution in [2.24, 2.45) is 5.10 Å². The van der Waals surface area contributed by atoms with Crippen LogP contribution in [-0.2, 0) is 14.8 Å². The molecule has 1 aliphatic rings. The molecule has 1 N–H and O–H groups in total. The molecule has 7 nitrogen and oxygen atoms in total. The lowest BCUT2D eigenvalue weighted by Gasteiger charge is -2.20. The zero-order valence-corrected chi connectivity index (χ0v) is 14.7. The number of nitrogens with zero attached hydrogens (tertiary/aromatic N) is 3. The smallest absolute Gasteiger partial charge is 0.247 e. The topological polar surface area (TPSA) is 91.7 Å². The van der Waals surface area contributed by atoms with Crippen molar-refractivity contribution in [2.45, 2.75) is 19.4 Å². The van der Waals surface area contributed by atoms with Crippen molar-refractivity contribution in [3.8, 4) is 0 Å². The second-order valence-corrected chi connectivity index (χ2v) is 7.69. The van der Waals surface area contributed by atoms with E-state index in [-0.39, 0.29) is 5.91 Å². The van der Waals surface area contributed by atoms with Gasteiger partial charge in [0.15, 0.2) is 0 Å². The van der Waals surface area contributed by atoms with Crippen LogP contribution in [-0.4, -0.2) is 35.7 Å². The Labute approximate surface area is 146 Å². The van der Waals surface area contributed by atoms with E-state index in [2.05, 4.69) is 15.4 Å². The summed E-state index contributed by atoms with van der Waals surface area (Å²) in [6.45, 7) is 1.44. The molecule has 3 rings (SSSR count). The minimum atomic E-state index is -3.50. The largest absolute Gasteiger partial charge is 0.326 e. The summed E-state index contributed by atoms with van der Waals surface area (Å²) >= 11 is 0. The molecule has 0 saturated heterocycles. The second-order valence-electron chi connectivity index (χ2n) is 5.85. The maximum absolute atomic E-state index is 12.1. The van der Waals surface area contributed by atoms with E-state index in [0.29, 0.717) is 17.8 Å². The van der Waals surface area contributed by atoms with Gasteiger partial charge in [0.1, 0.15) is 0 Å². The number of hydrazone groups is 1. The third-order valence-electron chi connectivity index (χ3n) is 3.82. The van der Waals surface area contributed by atoms with Crippen LogP contribution in [0.1, 0.15) is 30.5 Å². The summed E-state index contributed by atoms with van der Waals surface area (Å²) < 4.78 is 25.4. The molecule has 1 aromatic heterocycles. The molecular weight excluding hydrogens is 340 g/mol. The molecule has 25 heavy (non-hydrogen) atoms. The highest BCUT2D eigenvalue weighted by atomic mass is 32.2. The lowest BCUT2D eigenvalue weighted by Crippen LogP contribution is -2.25. The Morgan fingerprint density at radius 1 is 1.24 bits per heavy atom. The Morgan fingerprint density at radius 3 is 2.52 bits per heavy atom. The van der Waals surface area contributed by atoms with Gasteiger partial charge in [-0.05, 0) is 29.3 Å². The normalized spacial score (nSPS) is 17.3. The zero-order valence-electron chi connectivity index (χ0n) is 13.9. The number of amides is 1. The van der Waals surface area contributed by atoms with Gasteiger partial charge in [-0.1, -0.05) is 18.2 Å². The standard InChI is InChI=1S/C17H18N4O3S/c1-12(22)19-15-7-5-13(6-8-15)16-10-17(14-4-3-9-18-11-14)21(20-16)25(2,23)24/h3-9,11,17H,10H2,1-2H3,(H,19,22)/t17-/m1/s1. The van der Waals surface area contributed by atoms with Crippen LogP contribution in [0, 0.1) is 0 Å². The van der Waals surface area contributed by atoms with Crippen LogP contribution in [0.15, 0.2) is 53.9 Å². The number of benzene rings is 1. The van der Waals surface area contributed by atoms with Crippen LogP contribution in [0.5, 0.6) is 0 Å². The Balaban J connectivity index is 1.91. The Morgan fingerprint density at radius 2 is 1.96 bits per heavy atom. The van der Waals surface area contributed by atoms with E-state index in [1.807, 2.05) is 18.2 Å². The van der Waals surface area contributed by atoms with Gasteiger partial charge in [0.2, 0.25) is 15.9 Å². The fourth-order valence-corrected chi connectivity index (χ4v) is 3.64. The minimum absolute atomic E-state index is 0.147. The number of rotatable bonds is 4. The average molecular weight is 358 g/mol. The summed E-state index contributed by atoms with van der Waals surface area (Å²) in [6, 6.07) is 10.4. The fraction of sp³-hybridized carbons (Fsp3) is 0.235. The highest BCUT2D eigenvalue weighted by Crippen LogP contribution is 2.34. The number of sulfonamides is 1. The third-order valence-corrected chi connectivity index (χ3v) is 4.84. The molecule has 1 amide bonds. The number of carbonyl (C=O) groups excluding carboxylic acids is 1. The SMILES string of the molecule is CC(=O)Nc1ccc(C2=NN(S(C)(=O)=O)[C@@H](c3cccnc3)C2)cc1. The molecular formula is C17H18N4O3S. The van der Waals surface area contributed by atoms with E-state index in [4.69, 9.17) is 0 Å². The fourth-order valence-electron chi connectivity index (χ4n) is 2.74. The summed E-state index contributed by atoms with van der Waals surface area (Å²) in [5, 5.41) is 7.02. The number of aromatic nitrogens is 1. The van der Waals surface area contributed by atoms with Crippen molar-refractivity contribution in [2.75, 3.05) is 11.6 Å². The number of carbonyl (C=O) groups is 1. The van der Waals surface area contributed by atoms with Crippen LogP contribution in [0.4, 0.5) is 5.69 Å². The molecule has 0 fully saturated rings. The van der Waals surface area contributed by atoms with Crippen molar-refractivity contribution in [3.63, 3.8) is 0 Å². The van der Waals surface area contributed by atoms with Crippen molar-refractivity contribution in [1.82, 2.24) is 9.40 Å². The van der Waals surface area contributed by atoms with E-state index < -0.39 is 16.1 Å². The summed E-state index contributed by atoms with van der Waals surface area (Å²) in [6.07, 6.45) is 4.90. The van der Waals surface area contributed by atoms with Crippen molar-refractivity contribution >= 4 is 27.3 Å². The van der Waals surface area contributed by atoms with Gasteiger partial charge in [0, 0.05) is 31.4 Å². The monoisotopic (exact) mass is 358 g/mol. The van der Waals surface area contributed by atoms with Gasteiger partial charge in [-0.3, -0.25) is 9.78 Å². The Bertz CT molecular complexity index is 909. The lowest BCUT2D eigenvalue weighted by molar-refractivity contribution is -0.114. The number of nitrogens with one attached hydrogen (secondary N) is 1. The van der Waals surface area contributed by atoms with Gasteiger partial charge in [0.05, 0.1) is 18.0 Å². The molecule has 2 heterocycles. The van der Waals surface area contributed by atoms with Crippen LogP contribution in [0.2, 0.25) is 0 Å². The van der Waals surface area contributed by atoms with Gasteiger partial charge in [-0.15, -0.1) is 0 Å². The number of hydrogen-bond acceptors (Lipinski definition) is 5. The number of hydrogen-bond donors (Lipinski definition) is 1. The molecule has 1 atom stereocenters. The first-order valence-corrected chi connectivity index (χ1v) is 9.54. The molecule has 0 aliphatic carbocycles.